The third-order valence-corrected chi connectivity index (χ3v) is 5.73. The van der Waals surface area contributed by atoms with Gasteiger partial charge in [0.05, 0.1) is 5.02 Å². The zero-order valence-corrected chi connectivity index (χ0v) is 15.4. The van der Waals surface area contributed by atoms with E-state index in [0.29, 0.717) is 9.90 Å². The molecule has 124 valence electrons. The molecule has 0 aliphatic carbocycles. The number of rotatable bonds is 5. The van der Waals surface area contributed by atoms with Crippen LogP contribution in [0.4, 0.5) is 0 Å². The van der Waals surface area contributed by atoms with E-state index in [2.05, 4.69) is 23.5 Å². The fraction of sp³-hybridized carbons (Fsp3) is 0.250. The number of nitrogens with one attached hydrogen (secondary N) is 1. The zero-order chi connectivity index (χ0) is 17.1. The second kappa shape index (κ2) is 7.37. The Morgan fingerprint density at radius 3 is 2.71 bits per heavy atom. The first-order valence-electron chi connectivity index (χ1n) is 8.08. The minimum absolute atomic E-state index is 0.0839. The fourth-order valence-corrected chi connectivity index (χ4v) is 4.23. The maximum atomic E-state index is 12.6. The largest absolute Gasteiger partial charge is 0.349 e. The van der Waals surface area contributed by atoms with Crippen LogP contribution in [0.5, 0.6) is 0 Å². The first-order valence-corrected chi connectivity index (χ1v) is 9.27. The number of benzene rings is 2. The van der Waals surface area contributed by atoms with Crippen LogP contribution in [0.25, 0.3) is 10.1 Å². The monoisotopic (exact) mass is 357 g/mol. The first kappa shape index (κ1) is 17.0. The van der Waals surface area contributed by atoms with Crippen molar-refractivity contribution in [1.29, 1.82) is 0 Å². The Bertz CT molecular complexity index is 857. The van der Waals surface area contributed by atoms with E-state index in [1.807, 2.05) is 44.2 Å². The number of aryl methyl sites for hydroxylation is 2. The van der Waals surface area contributed by atoms with E-state index in [1.165, 1.54) is 22.5 Å². The molecule has 2 nitrogen and oxygen atoms in total. The van der Waals surface area contributed by atoms with Crippen LogP contribution < -0.4 is 5.32 Å². The number of hydrogen-bond donors (Lipinski definition) is 1. The van der Waals surface area contributed by atoms with E-state index in [4.69, 9.17) is 11.6 Å². The maximum absolute atomic E-state index is 12.6. The zero-order valence-electron chi connectivity index (χ0n) is 13.8. The van der Waals surface area contributed by atoms with Crippen LogP contribution in [-0.2, 0) is 6.42 Å². The number of carbonyl (C=O) groups excluding carboxylic acids is 1. The summed E-state index contributed by atoms with van der Waals surface area (Å²) in [6, 6.07) is 16.5. The summed E-state index contributed by atoms with van der Waals surface area (Å²) in [6.07, 6.45) is 1.85. The third-order valence-electron chi connectivity index (χ3n) is 4.08. The predicted molar refractivity (Wildman–Crippen MR) is 103 cm³/mol. The summed E-state index contributed by atoms with van der Waals surface area (Å²) < 4.78 is 1.06. The highest BCUT2D eigenvalue weighted by Gasteiger charge is 2.18. The van der Waals surface area contributed by atoms with E-state index in [-0.39, 0.29) is 11.9 Å². The van der Waals surface area contributed by atoms with Crippen molar-refractivity contribution in [2.45, 2.75) is 32.7 Å². The van der Waals surface area contributed by atoms with Crippen LogP contribution in [0.15, 0.2) is 48.5 Å². The Morgan fingerprint density at radius 2 is 1.96 bits per heavy atom. The highest BCUT2D eigenvalue weighted by Crippen LogP contribution is 2.35. The molecule has 3 rings (SSSR count). The molecule has 0 radical (unpaired) electrons. The normalized spacial score (nSPS) is 12.3. The quantitative estimate of drug-likeness (QED) is 0.631. The van der Waals surface area contributed by atoms with Crippen LogP contribution in [0.2, 0.25) is 5.02 Å². The van der Waals surface area contributed by atoms with Gasteiger partial charge in [-0.1, -0.05) is 54.1 Å². The van der Waals surface area contributed by atoms with E-state index < -0.39 is 0 Å². The van der Waals surface area contributed by atoms with E-state index in [1.54, 1.807) is 0 Å². The van der Waals surface area contributed by atoms with E-state index >= 15 is 0 Å². The second-order valence-corrected chi connectivity index (χ2v) is 7.57. The number of fused-ring (bicyclic) bond motifs is 1. The van der Waals surface area contributed by atoms with Gasteiger partial charge in [-0.25, -0.2) is 0 Å². The Hall–Kier alpha value is -1.84. The molecule has 0 saturated carbocycles. The van der Waals surface area contributed by atoms with Crippen molar-refractivity contribution in [3.05, 3.63) is 69.6 Å². The second-order valence-electron chi connectivity index (χ2n) is 6.14. The molecule has 1 unspecified atom stereocenters. The van der Waals surface area contributed by atoms with Gasteiger partial charge in [0.1, 0.15) is 4.88 Å². The number of thiophene rings is 1. The average Bonchev–Trinajstić information content (AvgIpc) is 2.90. The molecule has 24 heavy (non-hydrogen) atoms. The van der Waals surface area contributed by atoms with E-state index in [9.17, 15) is 4.79 Å². The predicted octanol–water partition coefficient (Wildman–Crippen LogP) is 5.61. The minimum Gasteiger partial charge on any atom is -0.349 e. The SMILES string of the molecule is Cc1ccc2c(Cl)c(C(=O)NC(C)CCc3ccccc3)sc2c1. The Balaban J connectivity index is 1.67. The lowest BCUT2D eigenvalue weighted by Gasteiger charge is -2.13. The van der Waals surface area contributed by atoms with Crippen molar-refractivity contribution in [3.63, 3.8) is 0 Å². The van der Waals surface area contributed by atoms with Crippen molar-refractivity contribution >= 4 is 38.9 Å². The average molecular weight is 358 g/mol. The number of amides is 1. The number of hydrogen-bond acceptors (Lipinski definition) is 2. The lowest BCUT2D eigenvalue weighted by atomic mass is 10.1. The Labute approximate surface area is 151 Å². The number of carbonyl (C=O) groups is 1. The molecule has 2 aromatic carbocycles. The molecule has 0 aliphatic rings. The lowest BCUT2D eigenvalue weighted by molar-refractivity contribution is 0.0943. The van der Waals surface area contributed by atoms with Crippen molar-refractivity contribution < 1.29 is 4.79 Å². The van der Waals surface area contributed by atoms with Crippen LogP contribution in [0.1, 0.15) is 34.1 Å². The molecule has 0 fully saturated rings. The van der Waals surface area contributed by atoms with Gasteiger partial charge < -0.3 is 5.32 Å². The minimum atomic E-state index is -0.0839. The van der Waals surface area contributed by atoms with Crippen molar-refractivity contribution in [3.8, 4) is 0 Å². The topological polar surface area (TPSA) is 29.1 Å². The van der Waals surface area contributed by atoms with Gasteiger partial charge >= 0.3 is 0 Å². The van der Waals surface area contributed by atoms with Crippen LogP contribution in [0.3, 0.4) is 0 Å². The number of halogens is 1. The summed E-state index contributed by atoms with van der Waals surface area (Å²) >= 11 is 7.87. The standard InChI is InChI=1S/C20H20ClNOS/c1-13-8-11-16-17(12-13)24-19(18(16)21)20(23)22-14(2)9-10-15-6-4-3-5-7-15/h3-8,11-12,14H,9-10H2,1-2H3,(H,22,23). The molecule has 3 aromatic rings. The fourth-order valence-electron chi connectivity index (χ4n) is 2.71. The maximum Gasteiger partial charge on any atom is 0.263 e. The summed E-state index contributed by atoms with van der Waals surface area (Å²) in [5.41, 5.74) is 2.46. The molecule has 0 saturated heterocycles. The van der Waals surface area contributed by atoms with Crippen molar-refractivity contribution in [1.82, 2.24) is 5.32 Å². The van der Waals surface area contributed by atoms with Crippen LogP contribution in [0, 0.1) is 6.92 Å². The molecular weight excluding hydrogens is 338 g/mol. The lowest BCUT2D eigenvalue weighted by Crippen LogP contribution is -2.32. The molecule has 0 aliphatic heterocycles. The summed E-state index contributed by atoms with van der Waals surface area (Å²) in [4.78, 5) is 13.2. The molecule has 1 amide bonds. The van der Waals surface area contributed by atoms with Gasteiger partial charge in [0.2, 0.25) is 0 Å². The summed E-state index contributed by atoms with van der Waals surface area (Å²) in [5, 5.41) is 4.58. The molecule has 1 aromatic heterocycles. The third kappa shape index (κ3) is 3.80. The molecular formula is C20H20ClNOS. The van der Waals surface area contributed by atoms with E-state index in [0.717, 1.165) is 22.9 Å². The Kier molecular flexibility index (Phi) is 5.22. The molecule has 4 heteroatoms. The van der Waals surface area contributed by atoms with Gasteiger partial charge in [-0.2, -0.15) is 0 Å². The summed E-state index contributed by atoms with van der Waals surface area (Å²) in [5.74, 6) is -0.0839. The van der Waals surface area contributed by atoms with Crippen molar-refractivity contribution in [2.75, 3.05) is 0 Å². The summed E-state index contributed by atoms with van der Waals surface area (Å²) in [6.45, 7) is 4.07. The Morgan fingerprint density at radius 1 is 1.21 bits per heavy atom. The smallest absolute Gasteiger partial charge is 0.263 e. The highest BCUT2D eigenvalue weighted by molar-refractivity contribution is 7.21. The molecule has 1 N–H and O–H groups in total. The molecule has 0 bridgehead atoms. The van der Waals surface area contributed by atoms with Gasteiger partial charge in [0.15, 0.2) is 0 Å². The van der Waals surface area contributed by atoms with Gasteiger partial charge in [0.25, 0.3) is 5.91 Å². The van der Waals surface area contributed by atoms with Crippen molar-refractivity contribution in [2.24, 2.45) is 0 Å². The van der Waals surface area contributed by atoms with Crippen LogP contribution >= 0.6 is 22.9 Å². The molecule has 1 atom stereocenters. The molecule has 0 spiro atoms. The van der Waals surface area contributed by atoms with Gasteiger partial charge in [0, 0.05) is 16.1 Å². The van der Waals surface area contributed by atoms with Gasteiger partial charge in [-0.05, 0) is 43.9 Å². The summed E-state index contributed by atoms with van der Waals surface area (Å²) in [7, 11) is 0. The van der Waals surface area contributed by atoms with Gasteiger partial charge in [-0.3, -0.25) is 4.79 Å². The van der Waals surface area contributed by atoms with Gasteiger partial charge in [-0.15, -0.1) is 11.3 Å². The highest BCUT2D eigenvalue weighted by atomic mass is 35.5. The van der Waals surface area contributed by atoms with Crippen LogP contribution in [-0.4, -0.2) is 11.9 Å². The molecule has 1 heterocycles. The first-order chi connectivity index (χ1) is 11.5.